The molecule has 0 radical (unpaired) electrons. The zero-order valence-corrected chi connectivity index (χ0v) is 14.2. The molecule has 0 aliphatic carbocycles. The number of anilines is 1. The van der Waals surface area contributed by atoms with Gasteiger partial charge in [-0.05, 0) is 25.5 Å². The van der Waals surface area contributed by atoms with Crippen molar-refractivity contribution in [3.63, 3.8) is 0 Å². The van der Waals surface area contributed by atoms with Crippen LogP contribution < -0.4 is 4.90 Å². The zero-order chi connectivity index (χ0) is 16.4. The second kappa shape index (κ2) is 6.66. The summed E-state index contributed by atoms with van der Waals surface area (Å²) in [6.07, 6.45) is 0.127. The summed E-state index contributed by atoms with van der Waals surface area (Å²) in [5, 5.41) is 1.03. The molecule has 0 saturated carbocycles. The lowest BCUT2D eigenvalue weighted by Gasteiger charge is -2.34. The average Bonchev–Trinajstić information content (AvgIpc) is 2.89. The molecule has 2 heterocycles. The maximum absolute atomic E-state index is 13.7. The molecular formula is C17H20FN3OS. The Morgan fingerprint density at radius 3 is 2.52 bits per heavy atom. The lowest BCUT2D eigenvalue weighted by atomic mass is 10.1. The predicted molar refractivity (Wildman–Crippen MR) is 90.5 cm³/mol. The number of piperazine rings is 1. The molecule has 0 unspecified atom stereocenters. The second-order valence-corrected chi connectivity index (χ2v) is 6.96. The van der Waals surface area contributed by atoms with Crippen LogP contribution in [0.15, 0.2) is 24.3 Å². The third-order valence-electron chi connectivity index (χ3n) is 4.22. The Morgan fingerprint density at radius 1 is 1.22 bits per heavy atom. The minimum absolute atomic E-state index is 0.0127. The van der Waals surface area contributed by atoms with Gasteiger partial charge >= 0.3 is 0 Å². The predicted octanol–water partition coefficient (Wildman–Crippen LogP) is 2.79. The van der Waals surface area contributed by atoms with Crippen LogP contribution in [0.5, 0.6) is 0 Å². The van der Waals surface area contributed by atoms with Crippen molar-refractivity contribution in [2.75, 3.05) is 31.1 Å². The first kappa shape index (κ1) is 15.9. The van der Waals surface area contributed by atoms with E-state index < -0.39 is 0 Å². The second-order valence-electron chi connectivity index (χ2n) is 5.77. The van der Waals surface area contributed by atoms with Crippen LogP contribution >= 0.6 is 11.3 Å². The minimum Gasteiger partial charge on any atom is -0.345 e. The molecule has 0 bridgehead atoms. The van der Waals surface area contributed by atoms with Gasteiger partial charge < -0.3 is 9.80 Å². The molecule has 1 aromatic heterocycles. The van der Waals surface area contributed by atoms with Crippen LogP contribution in [0.25, 0.3) is 0 Å². The van der Waals surface area contributed by atoms with Crippen molar-refractivity contribution < 1.29 is 9.18 Å². The highest BCUT2D eigenvalue weighted by Gasteiger charge is 2.23. The van der Waals surface area contributed by atoms with E-state index in [1.807, 2.05) is 11.8 Å². The van der Waals surface area contributed by atoms with E-state index in [4.69, 9.17) is 0 Å². The molecule has 1 fully saturated rings. The lowest BCUT2D eigenvalue weighted by molar-refractivity contribution is -0.130. The first-order valence-electron chi connectivity index (χ1n) is 7.75. The van der Waals surface area contributed by atoms with Crippen LogP contribution in [0.4, 0.5) is 9.52 Å². The van der Waals surface area contributed by atoms with Crippen LogP contribution in [-0.4, -0.2) is 42.0 Å². The van der Waals surface area contributed by atoms with E-state index in [0.29, 0.717) is 18.7 Å². The Bertz CT molecular complexity index is 688. The number of amides is 1. The van der Waals surface area contributed by atoms with Crippen molar-refractivity contribution in [3.05, 3.63) is 46.2 Å². The van der Waals surface area contributed by atoms with Crippen LogP contribution in [0, 0.1) is 19.7 Å². The Labute approximate surface area is 139 Å². The average molecular weight is 333 g/mol. The van der Waals surface area contributed by atoms with Crippen LogP contribution in [0.1, 0.15) is 16.1 Å². The van der Waals surface area contributed by atoms with Gasteiger partial charge in [-0.25, -0.2) is 9.37 Å². The SMILES string of the molecule is Cc1nc(N2CCN(C(=O)Cc3ccccc3F)CC2)sc1C. The number of hydrogen-bond donors (Lipinski definition) is 0. The number of nitrogens with zero attached hydrogens (tertiary/aromatic N) is 3. The van der Waals surface area contributed by atoms with Crippen molar-refractivity contribution >= 4 is 22.4 Å². The van der Waals surface area contributed by atoms with Gasteiger partial charge in [0.15, 0.2) is 5.13 Å². The summed E-state index contributed by atoms with van der Waals surface area (Å²) in [7, 11) is 0. The molecule has 0 N–H and O–H groups in total. The highest BCUT2D eigenvalue weighted by Crippen LogP contribution is 2.26. The monoisotopic (exact) mass is 333 g/mol. The van der Waals surface area contributed by atoms with Gasteiger partial charge in [-0.1, -0.05) is 18.2 Å². The number of carbonyl (C=O) groups is 1. The van der Waals surface area contributed by atoms with Gasteiger partial charge in [0.2, 0.25) is 5.91 Å². The number of benzene rings is 1. The molecule has 122 valence electrons. The molecule has 0 atom stereocenters. The summed E-state index contributed by atoms with van der Waals surface area (Å²) < 4.78 is 13.7. The summed E-state index contributed by atoms with van der Waals surface area (Å²) in [5.41, 5.74) is 1.54. The Hall–Kier alpha value is -1.95. The topological polar surface area (TPSA) is 36.4 Å². The third kappa shape index (κ3) is 3.52. The summed E-state index contributed by atoms with van der Waals surface area (Å²) in [6.45, 7) is 6.95. The number of aryl methyl sites for hydroxylation is 2. The van der Waals surface area contributed by atoms with Gasteiger partial charge in [0.25, 0.3) is 0 Å². The van der Waals surface area contributed by atoms with Crippen molar-refractivity contribution in [1.29, 1.82) is 0 Å². The summed E-state index contributed by atoms with van der Waals surface area (Å²) >= 11 is 1.70. The molecule has 1 amide bonds. The van der Waals surface area contributed by atoms with Gasteiger partial charge in [0.1, 0.15) is 5.82 Å². The van der Waals surface area contributed by atoms with E-state index in [0.717, 1.165) is 23.9 Å². The Kier molecular flexibility index (Phi) is 4.61. The highest BCUT2D eigenvalue weighted by atomic mass is 32.1. The Balaban J connectivity index is 1.58. The number of halogens is 1. The number of aromatic nitrogens is 1. The molecule has 1 saturated heterocycles. The minimum atomic E-state index is -0.312. The molecule has 2 aromatic rings. The fraction of sp³-hybridized carbons (Fsp3) is 0.412. The number of thiazole rings is 1. The maximum Gasteiger partial charge on any atom is 0.227 e. The zero-order valence-electron chi connectivity index (χ0n) is 13.4. The quantitative estimate of drug-likeness (QED) is 0.867. The van der Waals surface area contributed by atoms with Crippen molar-refractivity contribution in [3.8, 4) is 0 Å². The van der Waals surface area contributed by atoms with Crippen LogP contribution in [0.2, 0.25) is 0 Å². The first-order valence-corrected chi connectivity index (χ1v) is 8.56. The normalized spacial score (nSPS) is 15.1. The number of carbonyl (C=O) groups excluding carboxylic acids is 1. The summed E-state index contributed by atoms with van der Waals surface area (Å²) in [5.74, 6) is -0.325. The Morgan fingerprint density at radius 2 is 1.91 bits per heavy atom. The van der Waals surface area contributed by atoms with E-state index in [-0.39, 0.29) is 18.1 Å². The molecule has 4 nitrogen and oxygen atoms in total. The van der Waals surface area contributed by atoms with E-state index in [1.54, 1.807) is 29.5 Å². The molecular weight excluding hydrogens is 313 g/mol. The van der Waals surface area contributed by atoms with Gasteiger partial charge in [-0.3, -0.25) is 4.79 Å². The van der Waals surface area contributed by atoms with Crippen molar-refractivity contribution in [1.82, 2.24) is 9.88 Å². The molecule has 1 aromatic carbocycles. The van der Waals surface area contributed by atoms with Crippen molar-refractivity contribution in [2.45, 2.75) is 20.3 Å². The molecule has 1 aliphatic rings. The van der Waals surface area contributed by atoms with E-state index in [1.165, 1.54) is 10.9 Å². The lowest BCUT2D eigenvalue weighted by Crippen LogP contribution is -2.49. The van der Waals surface area contributed by atoms with Gasteiger partial charge in [0, 0.05) is 31.1 Å². The maximum atomic E-state index is 13.7. The summed E-state index contributed by atoms with van der Waals surface area (Å²) in [6, 6.07) is 6.47. The van der Waals surface area contributed by atoms with E-state index in [2.05, 4.69) is 16.8 Å². The fourth-order valence-corrected chi connectivity index (χ4v) is 3.62. The number of rotatable bonds is 3. The molecule has 23 heavy (non-hydrogen) atoms. The van der Waals surface area contributed by atoms with E-state index >= 15 is 0 Å². The number of hydrogen-bond acceptors (Lipinski definition) is 4. The first-order chi connectivity index (χ1) is 11.0. The molecule has 1 aliphatic heterocycles. The fourth-order valence-electron chi connectivity index (χ4n) is 2.65. The van der Waals surface area contributed by atoms with Gasteiger partial charge in [-0.2, -0.15) is 0 Å². The van der Waals surface area contributed by atoms with Gasteiger partial charge in [0.05, 0.1) is 12.1 Å². The van der Waals surface area contributed by atoms with Crippen LogP contribution in [0.3, 0.4) is 0 Å². The van der Waals surface area contributed by atoms with E-state index in [9.17, 15) is 9.18 Å². The summed E-state index contributed by atoms with van der Waals surface area (Å²) in [4.78, 5) is 22.2. The molecule has 0 spiro atoms. The molecule has 3 rings (SSSR count). The highest BCUT2D eigenvalue weighted by molar-refractivity contribution is 7.15. The third-order valence-corrected chi connectivity index (χ3v) is 5.35. The molecule has 6 heteroatoms. The standard InChI is InChI=1S/C17H20FN3OS/c1-12-13(2)23-17(19-12)21-9-7-20(8-10-21)16(22)11-14-5-3-4-6-15(14)18/h3-6H,7-11H2,1-2H3. The van der Waals surface area contributed by atoms with Gasteiger partial charge in [-0.15, -0.1) is 11.3 Å². The van der Waals surface area contributed by atoms with Crippen molar-refractivity contribution in [2.24, 2.45) is 0 Å². The van der Waals surface area contributed by atoms with Crippen LogP contribution in [-0.2, 0) is 11.2 Å². The smallest absolute Gasteiger partial charge is 0.227 e. The largest absolute Gasteiger partial charge is 0.345 e.